The first-order valence-corrected chi connectivity index (χ1v) is 8.32. The van der Waals surface area contributed by atoms with Crippen LogP contribution in [0, 0.1) is 0 Å². The van der Waals surface area contributed by atoms with Crippen LogP contribution in [0.4, 0.5) is 9.93 Å². The fourth-order valence-electron chi connectivity index (χ4n) is 2.81. The number of ether oxygens (including phenoxy) is 1. The van der Waals surface area contributed by atoms with Crippen LogP contribution in [-0.4, -0.2) is 20.5 Å². The molecule has 0 amide bonds. The Morgan fingerprint density at radius 1 is 1.16 bits per heavy atom. The van der Waals surface area contributed by atoms with E-state index < -0.39 is 18.5 Å². The molecule has 0 spiro atoms. The molecular weight excluding hydrogens is 259 g/mol. The van der Waals surface area contributed by atoms with Gasteiger partial charge in [0.25, 0.3) is 8.41 Å². The molecule has 0 aliphatic heterocycles. The minimum Gasteiger partial charge on any atom is -0.497 e. The quantitative estimate of drug-likeness (QED) is 0.669. The Hall–Kier alpha value is -1.10. The van der Waals surface area contributed by atoms with Crippen molar-refractivity contribution in [3.8, 4) is 5.75 Å². The number of pyridine rings is 1. The second kappa shape index (κ2) is 4.78. The predicted molar refractivity (Wildman–Crippen MR) is 81.1 cm³/mol. The first-order valence-electron chi connectivity index (χ1n) is 6.44. The zero-order valence-corrected chi connectivity index (χ0v) is 14.0. The van der Waals surface area contributed by atoms with Gasteiger partial charge in [-0.25, -0.2) is 4.98 Å². The van der Waals surface area contributed by atoms with Gasteiger partial charge >= 0.3 is 0 Å². The van der Waals surface area contributed by atoms with Crippen molar-refractivity contribution in [1.29, 1.82) is 0 Å². The number of halogens is 1. The fourth-order valence-corrected chi connectivity index (χ4v) is 7.43. The molecule has 5 heteroatoms. The molecule has 108 valence electrons. The standard InChI is InChI=1S/C14H25FN2OSi/c1-13(2,3)19(15,14(4,5)6)11-9-17-12(16)8-10(11)18-7/h8-9H,1-7H3,(H2,16,17). The second-order valence-corrected chi connectivity index (χ2v) is 11.8. The van der Waals surface area contributed by atoms with Crippen LogP contribution in [0.2, 0.25) is 10.1 Å². The highest BCUT2D eigenvalue weighted by Crippen LogP contribution is 2.52. The molecule has 1 aromatic rings. The van der Waals surface area contributed by atoms with Crippen molar-refractivity contribution in [2.75, 3.05) is 12.8 Å². The molecule has 19 heavy (non-hydrogen) atoms. The fraction of sp³-hybridized carbons (Fsp3) is 0.643. The lowest BCUT2D eigenvalue weighted by molar-refractivity contribution is 0.415. The molecular formula is C14H25FN2OSi. The third-order valence-corrected chi connectivity index (χ3v) is 8.80. The van der Waals surface area contributed by atoms with Crippen LogP contribution in [0.5, 0.6) is 5.75 Å². The summed E-state index contributed by atoms with van der Waals surface area (Å²) in [4.78, 5) is 4.07. The number of anilines is 1. The summed E-state index contributed by atoms with van der Waals surface area (Å²) in [5.74, 6) is 0.853. The Labute approximate surface area is 116 Å². The van der Waals surface area contributed by atoms with Crippen molar-refractivity contribution in [2.45, 2.75) is 51.6 Å². The smallest absolute Gasteiger partial charge is 0.293 e. The number of aromatic nitrogens is 1. The summed E-state index contributed by atoms with van der Waals surface area (Å²) in [5, 5.41) is -0.337. The summed E-state index contributed by atoms with van der Waals surface area (Å²) in [6, 6.07) is 1.61. The summed E-state index contributed by atoms with van der Waals surface area (Å²) in [6.07, 6.45) is 1.55. The van der Waals surface area contributed by atoms with Crippen LogP contribution in [0.15, 0.2) is 12.3 Å². The van der Waals surface area contributed by atoms with Gasteiger partial charge in [0.2, 0.25) is 0 Å². The maximum absolute atomic E-state index is 16.1. The summed E-state index contributed by atoms with van der Waals surface area (Å²) >= 11 is 0. The molecule has 0 saturated heterocycles. The van der Waals surface area contributed by atoms with Gasteiger partial charge in [-0.1, -0.05) is 41.5 Å². The predicted octanol–water partition coefficient (Wildman–Crippen LogP) is 3.39. The number of nitrogens with two attached hydrogens (primary N) is 1. The van der Waals surface area contributed by atoms with Gasteiger partial charge in [-0.2, -0.15) is 0 Å². The molecule has 0 radical (unpaired) electrons. The van der Waals surface area contributed by atoms with Gasteiger partial charge in [0.15, 0.2) is 0 Å². The Bertz CT molecular complexity index is 449. The summed E-state index contributed by atoms with van der Waals surface area (Å²) in [5.41, 5.74) is 5.67. The van der Waals surface area contributed by atoms with Crippen LogP contribution in [0.3, 0.4) is 0 Å². The molecule has 0 bridgehead atoms. The number of hydrogen-bond donors (Lipinski definition) is 1. The zero-order chi connectivity index (χ0) is 15.1. The monoisotopic (exact) mass is 284 g/mol. The first-order chi connectivity index (χ1) is 8.45. The largest absolute Gasteiger partial charge is 0.497 e. The average Bonchev–Trinajstić information content (AvgIpc) is 2.24. The van der Waals surface area contributed by atoms with Crippen LogP contribution < -0.4 is 15.7 Å². The van der Waals surface area contributed by atoms with Gasteiger partial charge in [0.1, 0.15) is 11.6 Å². The zero-order valence-electron chi connectivity index (χ0n) is 13.0. The lowest BCUT2D eigenvalue weighted by atomic mass is 10.2. The van der Waals surface area contributed by atoms with E-state index in [0.29, 0.717) is 16.8 Å². The number of nitrogen functional groups attached to an aromatic ring is 1. The number of rotatable bonds is 2. The van der Waals surface area contributed by atoms with Crippen molar-refractivity contribution >= 4 is 19.4 Å². The molecule has 0 unspecified atom stereocenters. The van der Waals surface area contributed by atoms with Crippen molar-refractivity contribution < 1.29 is 8.84 Å². The molecule has 1 aromatic heterocycles. The normalized spacial score (nSPS) is 13.5. The molecule has 2 N–H and O–H groups in total. The van der Waals surface area contributed by atoms with E-state index in [9.17, 15) is 0 Å². The minimum atomic E-state index is -3.36. The van der Waals surface area contributed by atoms with Gasteiger partial charge in [-0.3, -0.25) is 0 Å². The molecule has 0 aliphatic rings. The van der Waals surface area contributed by atoms with E-state index in [4.69, 9.17) is 10.5 Å². The van der Waals surface area contributed by atoms with E-state index >= 15 is 4.11 Å². The first kappa shape index (κ1) is 16.0. The van der Waals surface area contributed by atoms with Gasteiger partial charge in [0.05, 0.1) is 7.11 Å². The van der Waals surface area contributed by atoms with Crippen LogP contribution in [0.1, 0.15) is 41.5 Å². The molecule has 3 nitrogen and oxygen atoms in total. The second-order valence-electron chi connectivity index (χ2n) is 6.97. The minimum absolute atomic E-state index is 0.347. The molecule has 1 rings (SSSR count). The van der Waals surface area contributed by atoms with Crippen molar-refractivity contribution in [2.24, 2.45) is 0 Å². The molecule has 1 heterocycles. The van der Waals surface area contributed by atoms with E-state index in [2.05, 4.69) is 4.98 Å². The molecule has 0 saturated carbocycles. The Kier molecular flexibility index (Phi) is 4.01. The van der Waals surface area contributed by atoms with Gasteiger partial charge in [-0.15, -0.1) is 0 Å². The van der Waals surface area contributed by atoms with Crippen LogP contribution in [0.25, 0.3) is 0 Å². The van der Waals surface area contributed by atoms with E-state index in [1.807, 2.05) is 41.5 Å². The summed E-state index contributed by atoms with van der Waals surface area (Å²) in [7, 11) is -1.82. The van der Waals surface area contributed by atoms with Crippen LogP contribution >= 0.6 is 0 Å². The Balaban J connectivity index is 3.61. The summed E-state index contributed by atoms with van der Waals surface area (Å²) in [6.45, 7) is 11.7. The number of nitrogens with zero attached hydrogens (tertiary/aromatic N) is 1. The van der Waals surface area contributed by atoms with E-state index in [-0.39, 0.29) is 0 Å². The van der Waals surface area contributed by atoms with E-state index in [0.717, 1.165) is 0 Å². The van der Waals surface area contributed by atoms with Gasteiger partial charge in [0, 0.05) is 17.4 Å². The van der Waals surface area contributed by atoms with Crippen molar-refractivity contribution in [3.05, 3.63) is 12.3 Å². The lowest BCUT2D eigenvalue weighted by Crippen LogP contribution is -2.58. The average molecular weight is 284 g/mol. The maximum Gasteiger partial charge on any atom is 0.293 e. The van der Waals surface area contributed by atoms with Crippen molar-refractivity contribution in [1.82, 2.24) is 4.98 Å². The van der Waals surface area contributed by atoms with E-state index in [1.165, 1.54) is 0 Å². The highest BCUT2D eigenvalue weighted by atomic mass is 28.4. The van der Waals surface area contributed by atoms with Gasteiger partial charge < -0.3 is 14.6 Å². The number of methoxy groups -OCH3 is 1. The van der Waals surface area contributed by atoms with Crippen molar-refractivity contribution in [3.63, 3.8) is 0 Å². The number of hydrogen-bond acceptors (Lipinski definition) is 3. The summed E-state index contributed by atoms with van der Waals surface area (Å²) < 4.78 is 21.4. The third kappa shape index (κ3) is 2.61. The highest BCUT2D eigenvalue weighted by Gasteiger charge is 2.58. The molecule has 0 aliphatic carbocycles. The highest BCUT2D eigenvalue weighted by molar-refractivity contribution is 6.91. The molecule has 0 atom stereocenters. The maximum atomic E-state index is 16.1. The topological polar surface area (TPSA) is 48.1 Å². The molecule has 0 fully saturated rings. The molecule has 0 aromatic carbocycles. The lowest BCUT2D eigenvalue weighted by Gasteiger charge is -2.45. The van der Waals surface area contributed by atoms with Crippen LogP contribution in [-0.2, 0) is 0 Å². The Morgan fingerprint density at radius 3 is 2.00 bits per heavy atom. The van der Waals surface area contributed by atoms with Gasteiger partial charge in [-0.05, 0) is 10.1 Å². The Morgan fingerprint density at radius 2 is 1.63 bits per heavy atom. The SMILES string of the molecule is COc1cc(N)ncc1[Si](F)(C(C)(C)C)C(C)(C)C. The van der Waals surface area contributed by atoms with E-state index in [1.54, 1.807) is 19.4 Å². The third-order valence-electron chi connectivity index (χ3n) is 3.55.